The quantitative estimate of drug-likeness (QED) is 0.595. The molecule has 0 amide bonds. The summed E-state index contributed by atoms with van der Waals surface area (Å²) < 4.78 is 0. The molecule has 1 aromatic heterocycles. The number of hydrogen-bond acceptors (Lipinski definition) is 3. The molecule has 4 heteroatoms. The van der Waals surface area contributed by atoms with E-state index in [0.29, 0.717) is 0 Å². The van der Waals surface area contributed by atoms with Gasteiger partial charge in [-0.25, -0.2) is 0 Å². The van der Waals surface area contributed by atoms with E-state index in [-0.39, 0.29) is 5.69 Å². The van der Waals surface area contributed by atoms with Gasteiger partial charge in [-0.15, -0.1) is 11.3 Å². The lowest BCUT2D eigenvalue weighted by Crippen LogP contribution is -1.86. The lowest BCUT2D eigenvalue weighted by molar-refractivity contribution is -0.384. The van der Waals surface area contributed by atoms with Crippen LogP contribution in [0.4, 0.5) is 5.69 Å². The molecular formula is C12H9NO2S. The van der Waals surface area contributed by atoms with Crippen LogP contribution in [-0.2, 0) is 0 Å². The Morgan fingerprint density at radius 3 is 2.44 bits per heavy atom. The van der Waals surface area contributed by atoms with Crippen molar-refractivity contribution in [2.45, 2.75) is 0 Å². The Bertz CT molecular complexity index is 500. The third-order valence-electron chi connectivity index (χ3n) is 2.09. The fraction of sp³-hybridized carbons (Fsp3) is 0. The summed E-state index contributed by atoms with van der Waals surface area (Å²) in [5.74, 6) is 0. The van der Waals surface area contributed by atoms with Gasteiger partial charge in [-0.1, -0.05) is 12.1 Å². The van der Waals surface area contributed by atoms with Crippen molar-refractivity contribution < 1.29 is 4.92 Å². The fourth-order valence-electron chi connectivity index (χ4n) is 1.27. The first-order valence-corrected chi connectivity index (χ1v) is 5.60. The van der Waals surface area contributed by atoms with E-state index in [1.54, 1.807) is 23.5 Å². The Kier molecular flexibility index (Phi) is 3.12. The molecule has 16 heavy (non-hydrogen) atoms. The van der Waals surface area contributed by atoms with Gasteiger partial charge < -0.3 is 0 Å². The summed E-state index contributed by atoms with van der Waals surface area (Å²) in [4.78, 5) is 11.2. The minimum absolute atomic E-state index is 0.119. The van der Waals surface area contributed by atoms with Crippen LogP contribution in [0.3, 0.4) is 0 Å². The van der Waals surface area contributed by atoms with E-state index in [0.717, 1.165) is 5.56 Å². The molecule has 1 aromatic carbocycles. The highest BCUT2D eigenvalue weighted by Crippen LogP contribution is 2.16. The van der Waals surface area contributed by atoms with Crippen LogP contribution in [0.2, 0.25) is 0 Å². The zero-order valence-electron chi connectivity index (χ0n) is 8.37. The van der Waals surface area contributed by atoms with Crippen LogP contribution in [0.15, 0.2) is 41.8 Å². The molecule has 0 saturated carbocycles. The van der Waals surface area contributed by atoms with E-state index >= 15 is 0 Å². The molecule has 0 aliphatic carbocycles. The summed E-state index contributed by atoms with van der Waals surface area (Å²) in [5.41, 5.74) is 1.08. The number of benzene rings is 1. The largest absolute Gasteiger partial charge is 0.269 e. The molecule has 0 radical (unpaired) electrons. The van der Waals surface area contributed by atoms with Crippen LogP contribution >= 0.6 is 11.3 Å². The summed E-state index contributed by atoms with van der Waals surface area (Å²) in [6.07, 6.45) is 3.93. The van der Waals surface area contributed by atoms with E-state index in [2.05, 4.69) is 0 Å². The van der Waals surface area contributed by atoms with Crippen molar-refractivity contribution in [2.75, 3.05) is 0 Å². The Hall–Kier alpha value is -1.94. The van der Waals surface area contributed by atoms with E-state index in [1.807, 2.05) is 29.7 Å². The van der Waals surface area contributed by atoms with Gasteiger partial charge in [0.15, 0.2) is 0 Å². The molecule has 0 N–H and O–H groups in total. The van der Waals surface area contributed by atoms with Crippen molar-refractivity contribution in [1.82, 2.24) is 0 Å². The van der Waals surface area contributed by atoms with Gasteiger partial charge >= 0.3 is 0 Å². The first kappa shape index (κ1) is 10.6. The van der Waals surface area contributed by atoms with Crippen molar-refractivity contribution >= 4 is 29.2 Å². The average Bonchev–Trinajstić information content (AvgIpc) is 2.80. The minimum atomic E-state index is -0.396. The molecule has 2 aromatic rings. The molecule has 2 rings (SSSR count). The zero-order valence-corrected chi connectivity index (χ0v) is 9.18. The molecule has 3 nitrogen and oxygen atoms in total. The summed E-state index contributed by atoms with van der Waals surface area (Å²) >= 11 is 1.66. The summed E-state index contributed by atoms with van der Waals surface area (Å²) in [6, 6.07) is 10.5. The monoisotopic (exact) mass is 231 g/mol. The molecule has 1 heterocycles. The Labute approximate surface area is 96.8 Å². The highest BCUT2D eigenvalue weighted by atomic mass is 32.1. The molecular weight excluding hydrogens is 222 g/mol. The van der Waals surface area contributed by atoms with Gasteiger partial charge in [-0.2, -0.15) is 0 Å². The Morgan fingerprint density at radius 1 is 1.12 bits per heavy atom. The molecule has 0 atom stereocenters. The van der Waals surface area contributed by atoms with Crippen LogP contribution in [-0.4, -0.2) is 4.92 Å². The molecule has 0 saturated heterocycles. The second kappa shape index (κ2) is 4.72. The lowest BCUT2D eigenvalue weighted by Gasteiger charge is -1.93. The first-order valence-electron chi connectivity index (χ1n) is 4.72. The molecule has 0 spiro atoms. The van der Waals surface area contributed by atoms with Crippen LogP contribution in [0, 0.1) is 10.1 Å². The number of nitro groups is 1. The molecule has 80 valence electrons. The smallest absolute Gasteiger partial charge is 0.258 e. The van der Waals surface area contributed by atoms with Gasteiger partial charge in [-0.05, 0) is 35.2 Å². The van der Waals surface area contributed by atoms with Gasteiger partial charge in [0.25, 0.3) is 5.69 Å². The minimum Gasteiger partial charge on any atom is -0.258 e. The Balaban J connectivity index is 2.14. The summed E-state index contributed by atoms with van der Waals surface area (Å²) in [5, 5.41) is 12.5. The van der Waals surface area contributed by atoms with Crippen molar-refractivity contribution in [1.29, 1.82) is 0 Å². The SMILES string of the molecule is O=[N+]([O-])c1ccc(/C=C/c2cccs2)cc1. The number of hydrogen-bond donors (Lipinski definition) is 0. The van der Waals surface area contributed by atoms with Gasteiger partial charge in [0.1, 0.15) is 0 Å². The van der Waals surface area contributed by atoms with Gasteiger partial charge in [0.05, 0.1) is 4.92 Å². The second-order valence-electron chi connectivity index (χ2n) is 3.20. The normalized spacial score (nSPS) is 10.8. The number of nitrogens with zero attached hydrogens (tertiary/aromatic N) is 1. The molecule has 0 aliphatic heterocycles. The number of rotatable bonds is 3. The van der Waals surface area contributed by atoms with Crippen molar-refractivity contribution in [2.24, 2.45) is 0 Å². The lowest BCUT2D eigenvalue weighted by atomic mass is 10.2. The van der Waals surface area contributed by atoms with Crippen molar-refractivity contribution in [3.63, 3.8) is 0 Å². The van der Waals surface area contributed by atoms with Crippen LogP contribution in [0.25, 0.3) is 12.2 Å². The first-order chi connectivity index (χ1) is 7.75. The van der Waals surface area contributed by atoms with E-state index in [9.17, 15) is 10.1 Å². The predicted molar refractivity (Wildman–Crippen MR) is 66.3 cm³/mol. The molecule has 0 fully saturated rings. The molecule has 0 bridgehead atoms. The van der Waals surface area contributed by atoms with E-state index < -0.39 is 4.92 Å². The Morgan fingerprint density at radius 2 is 1.88 bits per heavy atom. The number of non-ortho nitro benzene ring substituents is 1. The van der Waals surface area contributed by atoms with Gasteiger partial charge in [-0.3, -0.25) is 10.1 Å². The highest BCUT2D eigenvalue weighted by molar-refractivity contribution is 7.10. The molecule has 0 unspecified atom stereocenters. The maximum absolute atomic E-state index is 10.4. The molecule has 0 aliphatic rings. The van der Waals surface area contributed by atoms with Crippen molar-refractivity contribution in [3.8, 4) is 0 Å². The average molecular weight is 231 g/mol. The van der Waals surface area contributed by atoms with E-state index in [1.165, 1.54) is 17.0 Å². The van der Waals surface area contributed by atoms with Crippen LogP contribution in [0.5, 0.6) is 0 Å². The maximum atomic E-state index is 10.4. The summed E-state index contributed by atoms with van der Waals surface area (Å²) in [6.45, 7) is 0. The second-order valence-corrected chi connectivity index (χ2v) is 4.18. The zero-order chi connectivity index (χ0) is 11.4. The number of nitro benzene ring substituents is 1. The highest BCUT2D eigenvalue weighted by Gasteiger charge is 2.01. The van der Waals surface area contributed by atoms with E-state index in [4.69, 9.17) is 0 Å². The third kappa shape index (κ3) is 2.55. The summed E-state index contributed by atoms with van der Waals surface area (Å²) in [7, 11) is 0. The third-order valence-corrected chi connectivity index (χ3v) is 2.92. The standard InChI is InChI=1S/C12H9NO2S/c14-13(15)11-6-3-10(4-7-11)5-8-12-2-1-9-16-12/h1-9H/b8-5+. The van der Waals surface area contributed by atoms with Gasteiger partial charge in [0.2, 0.25) is 0 Å². The number of thiophene rings is 1. The van der Waals surface area contributed by atoms with Crippen LogP contribution < -0.4 is 0 Å². The van der Waals surface area contributed by atoms with Crippen molar-refractivity contribution in [3.05, 3.63) is 62.3 Å². The topological polar surface area (TPSA) is 43.1 Å². The fourth-order valence-corrected chi connectivity index (χ4v) is 1.89. The van der Waals surface area contributed by atoms with Crippen LogP contribution in [0.1, 0.15) is 10.4 Å². The maximum Gasteiger partial charge on any atom is 0.269 e. The van der Waals surface area contributed by atoms with Gasteiger partial charge in [0, 0.05) is 17.0 Å². The predicted octanol–water partition coefficient (Wildman–Crippen LogP) is 3.83.